The van der Waals surface area contributed by atoms with Gasteiger partial charge in [0.2, 0.25) is 0 Å². The lowest BCUT2D eigenvalue weighted by Crippen LogP contribution is -2.11. The molecule has 17 heavy (non-hydrogen) atoms. The number of esters is 1. The van der Waals surface area contributed by atoms with E-state index in [2.05, 4.69) is 4.74 Å². The van der Waals surface area contributed by atoms with Crippen molar-refractivity contribution in [3.63, 3.8) is 0 Å². The molecule has 0 amide bonds. The number of methoxy groups -OCH3 is 1. The van der Waals surface area contributed by atoms with Crippen molar-refractivity contribution in [1.82, 2.24) is 0 Å². The molecule has 0 fully saturated rings. The fraction of sp³-hybridized carbons (Fsp3) is 0.364. The van der Waals surface area contributed by atoms with E-state index in [0.717, 1.165) is 6.07 Å². The summed E-state index contributed by atoms with van der Waals surface area (Å²) < 4.78 is 46.8. The molecule has 0 aliphatic rings. The van der Waals surface area contributed by atoms with Gasteiger partial charge >= 0.3 is 12.1 Å². The van der Waals surface area contributed by atoms with Gasteiger partial charge in [-0.1, -0.05) is 12.1 Å². The summed E-state index contributed by atoms with van der Waals surface area (Å²) in [6, 6.07) is 4.84. The minimum absolute atomic E-state index is 0.0946. The van der Waals surface area contributed by atoms with Crippen LogP contribution in [-0.2, 0) is 15.7 Å². The van der Waals surface area contributed by atoms with Crippen molar-refractivity contribution in [2.24, 2.45) is 0 Å². The number of alkyl halides is 3. The average Bonchev–Trinajstić information content (AvgIpc) is 2.28. The highest BCUT2D eigenvalue weighted by Crippen LogP contribution is 2.35. The van der Waals surface area contributed by atoms with E-state index < -0.39 is 17.7 Å². The van der Waals surface area contributed by atoms with E-state index in [1.54, 1.807) is 0 Å². The number of hydrogen-bond acceptors (Lipinski definition) is 3. The molecule has 0 aliphatic heterocycles. The van der Waals surface area contributed by atoms with E-state index in [1.165, 1.54) is 25.3 Å². The van der Waals surface area contributed by atoms with Gasteiger partial charge in [-0.2, -0.15) is 13.2 Å². The Kier molecular flexibility index (Phi) is 4.37. The van der Waals surface area contributed by atoms with Crippen LogP contribution in [0.1, 0.15) is 12.0 Å². The predicted octanol–water partition coefficient (Wildman–Crippen LogP) is 2.65. The number of hydrogen-bond donors (Lipinski definition) is 0. The van der Waals surface area contributed by atoms with Crippen LogP contribution >= 0.6 is 0 Å². The van der Waals surface area contributed by atoms with E-state index in [0.29, 0.717) is 0 Å². The van der Waals surface area contributed by atoms with E-state index in [9.17, 15) is 18.0 Å². The maximum atomic E-state index is 12.5. The number of benzene rings is 1. The Morgan fingerprint density at radius 1 is 1.29 bits per heavy atom. The quantitative estimate of drug-likeness (QED) is 0.768. The van der Waals surface area contributed by atoms with Crippen LogP contribution in [0.4, 0.5) is 13.2 Å². The Labute approximate surface area is 96.1 Å². The molecule has 0 saturated heterocycles. The van der Waals surface area contributed by atoms with Crippen LogP contribution in [0, 0.1) is 0 Å². The van der Waals surface area contributed by atoms with Gasteiger partial charge in [0.15, 0.2) is 0 Å². The SMILES string of the molecule is COC(=O)CCOc1ccccc1C(F)(F)F. The normalized spacial score (nSPS) is 11.1. The van der Waals surface area contributed by atoms with Crippen LogP contribution in [0.3, 0.4) is 0 Å². The average molecular weight is 248 g/mol. The molecule has 0 bridgehead atoms. The Morgan fingerprint density at radius 3 is 2.53 bits per heavy atom. The molecule has 6 heteroatoms. The highest BCUT2D eigenvalue weighted by Gasteiger charge is 2.33. The van der Waals surface area contributed by atoms with Crippen molar-refractivity contribution in [3.8, 4) is 5.75 Å². The van der Waals surface area contributed by atoms with Gasteiger partial charge in [-0.3, -0.25) is 4.79 Å². The molecule has 0 N–H and O–H groups in total. The number of carbonyl (C=O) groups excluding carboxylic acids is 1. The summed E-state index contributed by atoms with van der Waals surface area (Å²) in [6.45, 7) is -0.153. The molecule has 0 atom stereocenters. The molecule has 1 rings (SSSR count). The van der Waals surface area contributed by atoms with Crippen LogP contribution in [0.2, 0.25) is 0 Å². The molecule has 3 nitrogen and oxygen atoms in total. The molecule has 0 unspecified atom stereocenters. The second-order valence-electron chi connectivity index (χ2n) is 3.17. The lowest BCUT2D eigenvalue weighted by Gasteiger charge is -2.13. The highest BCUT2D eigenvalue weighted by molar-refractivity contribution is 5.69. The number of halogens is 3. The fourth-order valence-electron chi connectivity index (χ4n) is 1.17. The summed E-state index contributed by atoms with van der Waals surface area (Å²) in [5.41, 5.74) is -0.857. The monoisotopic (exact) mass is 248 g/mol. The first-order valence-corrected chi connectivity index (χ1v) is 4.81. The third kappa shape index (κ3) is 3.97. The molecule has 0 aliphatic carbocycles. The standard InChI is InChI=1S/C11H11F3O3/c1-16-10(15)6-7-17-9-5-3-2-4-8(9)11(12,13)14/h2-5H,6-7H2,1H3. The van der Waals surface area contributed by atoms with Gasteiger partial charge in [0.25, 0.3) is 0 Å². The first kappa shape index (κ1) is 13.3. The van der Waals surface area contributed by atoms with E-state index in [4.69, 9.17) is 4.74 Å². The van der Waals surface area contributed by atoms with Crippen molar-refractivity contribution in [1.29, 1.82) is 0 Å². The van der Waals surface area contributed by atoms with Crippen LogP contribution in [0.15, 0.2) is 24.3 Å². The van der Waals surface area contributed by atoms with Crippen molar-refractivity contribution >= 4 is 5.97 Å². The molecule has 0 spiro atoms. The lowest BCUT2D eigenvalue weighted by atomic mass is 10.2. The van der Waals surface area contributed by atoms with E-state index >= 15 is 0 Å². The molecule has 1 aromatic rings. The molecule has 0 aromatic heterocycles. The highest BCUT2D eigenvalue weighted by atomic mass is 19.4. The maximum absolute atomic E-state index is 12.5. The largest absolute Gasteiger partial charge is 0.492 e. The molecule has 0 saturated carbocycles. The van der Waals surface area contributed by atoms with Gasteiger partial charge in [-0.05, 0) is 12.1 Å². The summed E-state index contributed by atoms with van der Waals surface area (Å²) in [5, 5.41) is 0. The zero-order valence-electron chi connectivity index (χ0n) is 9.08. The Balaban J connectivity index is 2.68. The van der Waals surface area contributed by atoms with Gasteiger partial charge in [-0.15, -0.1) is 0 Å². The van der Waals surface area contributed by atoms with E-state index in [1.807, 2.05) is 0 Å². The third-order valence-electron chi connectivity index (χ3n) is 1.98. The van der Waals surface area contributed by atoms with Gasteiger partial charge in [0.1, 0.15) is 5.75 Å². The fourth-order valence-corrected chi connectivity index (χ4v) is 1.17. The molecule has 94 valence electrons. The zero-order chi connectivity index (χ0) is 12.9. The minimum Gasteiger partial charge on any atom is -0.492 e. The predicted molar refractivity (Wildman–Crippen MR) is 53.6 cm³/mol. The van der Waals surface area contributed by atoms with Gasteiger partial charge in [-0.25, -0.2) is 0 Å². The smallest absolute Gasteiger partial charge is 0.419 e. The van der Waals surface area contributed by atoms with Gasteiger partial charge in [0.05, 0.1) is 25.7 Å². The van der Waals surface area contributed by atoms with Crippen molar-refractivity contribution < 1.29 is 27.4 Å². The Bertz CT molecular complexity index is 388. The first-order chi connectivity index (χ1) is 7.95. The van der Waals surface area contributed by atoms with Gasteiger partial charge in [0, 0.05) is 0 Å². The summed E-state index contributed by atoms with van der Waals surface area (Å²) in [7, 11) is 1.20. The second kappa shape index (κ2) is 5.56. The Morgan fingerprint density at radius 2 is 1.94 bits per heavy atom. The van der Waals surface area contributed by atoms with Crippen LogP contribution in [0.25, 0.3) is 0 Å². The van der Waals surface area contributed by atoms with Crippen LogP contribution in [0.5, 0.6) is 5.75 Å². The maximum Gasteiger partial charge on any atom is 0.419 e. The summed E-state index contributed by atoms with van der Waals surface area (Å²) >= 11 is 0. The molecule has 0 heterocycles. The Hall–Kier alpha value is -1.72. The summed E-state index contributed by atoms with van der Waals surface area (Å²) in [5.74, 6) is -0.821. The molecular formula is C11H11F3O3. The number of para-hydroxylation sites is 1. The van der Waals surface area contributed by atoms with Crippen LogP contribution < -0.4 is 4.74 Å². The van der Waals surface area contributed by atoms with Crippen molar-refractivity contribution in [2.75, 3.05) is 13.7 Å². The lowest BCUT2D eigenvalue weighted by molar-refractivity contribution is -0.141. The number of carbonyl (C=O) groups is 1. The topological polar surface area (TPSA) is 35.5 Å². The minimum atomic E-state index is -4.47. The second-order valence-corrected chi connectivity index (χ2v) is 3.17. The molecular weight excluding hydrogens is 237 g/mol. The summed E-state index contributed by atoms with van der Waals surface area (Å²) in [4.78, 5) is 10.8. The van der Waals surface area contributed by atoms with Crippen molar-refractivity contribution in [2.45, 2.75) is 12.6 Å². The van der Waals surface area contributed by atoms with Crippen LogP contribution in [-0.4, -0.2) is 19.7 Å². The summed E-state index contributed by atoms with van der Waals surface area (Å²) in [6.07, 6.45) is -4.56. The molecule has 0 radical (unpaired) electrons. The van der Waals surface area contributed by atoms with E-state index in [-0.39, 0.29) is 18.8 Å². The van der Waals surface area contributed by atoms with Crippen molar-refractivity contribution in [3.05, 3.63) is 29.8 Å². The number of ether oxygens (including phenoxy) is 2. The zero-order valence-corrected chi connectivity index (χ0v) is 9.08. The van der Waals surface area contributed by atoms with Gasteiger partial charge < -0.3 is 9.47 Å². The number of rotatable bonds is 4. The molecule has 1 aromatic carbocycles. The third-order valence-corrected chi connectivity index (χ3v) is 1.98. The first-order valence-electron chi connectivity index (χ1n) is 4.81.